The fourth-order valence-corrected chi connectivity index (χ4v) is 1.46. The van der Waals surface area contributed by atoms with Crippen LogP contribution in [0.25, 0.3) is 0 Å². The van der Waals surface area contributed by atoms with Crippen LogP contribution in [-0.2, 0) is 6.54 Å². The van der Waals surface area contributed by atoms with Gasteiger partial charge in [0.05, 0.1) is 11.0 Å². The molecule has 0 aromatic heterocycles. The lowest BCUT2D eigenvalue weighted by molar-refractivity contribution is -0.385. The summed E-state index contributed by atoms with van der Waals surface area (Å²) in [4.78, 5) is 10.2. The predicted octanol–water partition coefficient (Wildman–Crippen LogP) is 1.37. The predicted molar refractivity (Wildman–Crippen MR) is 61.2 cm³/mol. The molecule has 88 valence electrons. The molecule has 0 heterocycles. The Morgan fingerprint density at radius 3 is 2.75 bits per heavy atom. The maximum atomic E-state index is 10.6. The summed E-state index contributed by atoms with van der Waals surface area (Å²) in [6.45, 7) is 4.53. The van der Waals surface area contributed by atoms with E-state index < -0.39 is 0 Å². The molecular formula is C11H16N2O3. The molecule has 5 nitrogen and oxygen atoms in total. The van der Waals surface area contributed by atoms with Gasteiger partial charge in [0.2, 0.25) is 0 Å². The molecule has 2 N–H and O–H groups in total. The van der Waals surface area contributed by atoms with Crippen molar-refractivity contribution in [3.63, 3.8) is 0 Å². The number of nitro groups is 1. The minimum absolute atomic E-state index is 0.138. The summed E-state index contributed by atoms with van der Waals surface area (Å²) in [7, 11) is 0. The Kier molecular flexibility index (Phi) is 4.39. The average Bonchev–Trinajstić information content (AvgIpc) is 2.16. The molecular weight excluding hydrogens is 208 g/mol. The highest BCUT2D eigenvalue weighted by Gasteiger charge is 2.09. The van der Waals surface area contributed by atoms with Crippen LogP contribution in [0.1, 0.15) is 18.1 Å². The Bertz CT molecular complexity index is 377. The summed E-state index contributed by atoms with van der Waals surface area (Å²) >= 11 is 0. The van der Waals surface area contributed by atoms with Crippen LogP contribution in [0.4, 0.5) is 5.69 Å². The zero-order valence-corrected chi connectivity index (χ0v) is 9.43. The van der Waals surface area contributed by atoms with Crippen LogP contribution in [0.15, 0.2) is 18.2 Å². The summed E-state index contributed by atoms with van der Waals surface area (Å²) in [6.07, 6.45) is -0.390. The second-order valence-corrected chi connectivity index (χ2v) is 3.86. The van der Waals surface area contributed by atoms with Gasteiger partial charge in [-0.2, -0.15) is 0 Å². The van der Waals surface area contributed by atoms with E-state index in [9.17, 15) is 10.1 Å². The van der Waals surface area contributed by atoms with Crippen LogP contribution in [0.2, 0.25) is 0 Å². The van der Waals surface area contributed by atoms with E-state index in [1.165, 1.54) is 6.07 Å². The fraction of sp³-hybridized carbons (Fsp3) is 0.455. The molecule has 1 unspecified atom stereocenters. The minimum atomic E-state index is -0.390. The number of benzene rings is 1. The number of nitrogens with zero attached hydrogens (tertiary/aromatic N) is 1. The van der Waals surface area contributed by atoms with E-state index in [2.05, 4.69) is 5.32 Å². The topological polar surface area (TPSA) is 75.4 Å². The fourth-order valence-electron chi connectivity index (χ4n) is 1.46. The maximum absolute atomic E-state index is 10.6. The lowest BCUT2D eigenvalue weighted by atomic mass is 10.1. The second kappa shape index (κ2) is 5.58. The number of aliphatic hydroxyl groups is 1. The van der Waals surface area contributed by atoms with Gasteiger partial charge in [0.15, 0.2) is 0 Å². The summed E-state index contributed by atoms with van der Waals surface area (Å²) in [5.41, 5.74) is 1.77. The van der Waals surface area contributed by atoms with Crippen molar-refractivity contribution in [3.8, 4) is 0 Å². The van der Waals surface area contributed by atoms with E-state index in [0.717, 1.165) is 5.56 Å². The molecule has 0 bridgehead atoms. The average molecular weight is 224 g/mol. The van der Waals surface area contributed by atoms with E-state index >= 15 is 0 Å². The second-order valence-electron chi connectivity index (χ2n) is 3.86. The first-order valence-electron chi connectivity index (χ1n) is 5.13. The molecule has 16 heavy (non-hydrogen) atoms. The highest BCUT2D eigenvalue weighted by atomic mass is 16.6. The first kappa shape index (κ1) is 12.6. The quantitative estimate of drug-likeness (QED) is 0.585. The Labute approximate surface area is 94.3 Å². The molecule has 1 rings (SSSR count). The van der Waals surface area contributed by atoms with Crippen LogP contribution < -0.4 is 5.32 Å². The van der Waals surface area contributed by atoms with Crippen molar-refractivity contribution in [2.45, 2.75) is 26.5 Å². The molecule has 5 heteroatoms. The lowest BCUT2D eigenvalue weighted by Crippen LogP contribution is -2.23. The third kappa shape index (κ3) is 3.60. The number of aryl methyl sites for hydroxylation is 1. The first-order chi connectivity index (χ1) is 7.50. The van der Waals surface area contributed by atoms with Gasteiger partial charge in [0.1, 0.15) is 0 Å². The molecule has 0 fully saturated rings. The minimum Gasteiger partial charge on any atom is -0.392 e. The van der Waals surface area contributed by atoms with E-state index in [0.29, 0.717) is 18.7 Å². The number of aliphatic hydroxyl groups excluding tert-OH is 1. The van der Waals surface area contributed by atoms with Gasteiger partial charge < -0.3 is 10.4 Å². The number of hydrogen-bond acceptors (Lipinski definition) is 4. The highest BCUT2D eigenvalue weighted by Crippen LogP contribution is 2.18. The van der Waals surface area contributed by atoms with Crippen LogP contribution in [-0.4, -0.2) is 22.7 Å². The van der Waals surface area contributed by atoms with Gasteiger partial charge in [0.25, 0.3) is 5.69 Å². The van der Waals surface area contributed by atoms with Crippen molar-refractivity contribution < 1.29 is 10.0 Å². The van der Waals surface area contributed by atoms with Crippen LogP contribution in [0.5, 0.6) is 0 Å². The van der Waals surface area contributed by atoms with Crippen molar-refractivity contribution in [3.05, 3.63) is 39.4 Å². The summed E-state index contributed by atoms with van der Waals surface area (Å²) < 4.78 is 0. The number of rotatable bonds is 5. The Hall–Kier alpha value is -1.46. The van der Waals surface area contributed by atoms with E-state index in [-0.39, 0.29) is 16.7 Å². The lowest BCUT2D eigenvalue weighted by Gasteiger charge is -2.07. The Morgan fingerprint density at radius 1 is 1.56 bits per heavy atom. The van der Waals surface area contributed by atoms with Crippen molar-refractivity contribution >= 4 is 5.69 Å². The summed E-state index contributed by atoms with van der Waals surface area (Å²) in [5.74, 6) is 0. The largest absolute Gasteiger partial charge is 0.392 e. The zero-order chi connectivity index (χ0) is 12.1. The van der Waals surface area contributed by atoms with Gasteiger partial charge in [-0.1, -0.05) is 6.07 Å². The van der Waals surface area contributed by atoms with E-state index in [1.807, 2.05) is 0 Å². The van der Waals surface area contributed by atoms with Crippen molar-refractivity contribution in [1.29, 1.82) is 0 Å². The van der Waals surface area contributed by atoms with E-state index in [4.69, 9.17) is 5.11 Å². The van der Waals surface area contributed by atoms with Crippen molar-refractivity contribution in [2.75, 3.05) is 6.54 Å². The van der Waals surface area contributed by atoms with Gasteiger partial charge in [-0.05, 0) is 25.5 Å². The Morgan fingerprint density at radius 2 is 2.25 bits per heavy atom. The molecule has 0 saturated carbocycles. The van der Waals surface area contributed by atoms with Gasteiger partial charge in [0, 0.05) is 24.7 Å². The summed E-state index contributed by atoms with van der Waals surface area (Å²) in [5, 5.41) is 22.7. The molecule has 1 atom stereocenters. The normalized spacial score (nSPS) is 12.4. The van der Waals surface area contributed by atoms with Crippen LogP contribution in [0.3, 0.4) is 0 Å². The van der Waals surface area contributed by atoms with E-state index in [1.54, 1.807) is 26.0 Å². The number of nitro benzene ring substituents is 1. The smallest absolute Gasteiger partial charge is 0.272 e. The molecule has 1 aromatic carbocycles. The molecule has 0 aliphatic heterocycles. The van der Waals surface area contributed by atoms with Gasteiger partial charge in [-0.3, -0.25) is 10.1 Å². The third-order valence-corrected chi connectivity index (χ3v) is 2.23. The molecule has 0 amide bonds. The molecule has 1 aromatic rings. The molecule has 0 spiro atoms. The molecule has 0 radical (unpaired) electrons. The van der Waals surface area contributed by atoms with Gasteiger partial charge >= 0.3 is 0 Å². The van der Waals surface area contributed by atoms with Gasteiger partial charge in [-0.25, -0.2) is 0 Å². The molecule has 0 aliphatic carbocycles. The zero-order valence-electron chi connectivity index (χ0n) is 9.43. The Balaban J connectivity index is 2.63. The van der Waals surface area contributed by atoms with Crippen molar-refractivity contribution in [1.82, 2.24) is 5.32 Å². The summed E-state index contributed by atoms with van der Waals surface area (Å²) in [6, 6.07) is 5.02. The monoisotopic (exact) mass is 224 g/mol. The maximum Gasteiger partial charge on any atom is 0.272 e. The third-order valence-electron chi connectivity index (χ3n) is 2.23. The van der Waals surface area contributed by atoms with Crippen molar-refractivity contribution in [2.24, 2.45) is 0 Å². The van der Waals surface area contributed by atoms with Crippen LogP contribution >= 0.6 is 0 Å². The highest BCUT2D eigenvalue weighted by molar-refractivity contribution is 5.41. The molecule has 0 saturated heterocycles. The standard InChI is InChI=1S/C11H16N2O3/c1-8-5-10(7-12-6-9(2)14)3-4-11(8)13(15)16/h3-5,9,12,14H,6-7H2,1-2H3. The molecule has 0 aliphatic rings. The van der Waals surface area contributed by atoms with Gasteiger partial charge in [-0.15, -0.1) is 0 Å². The SMILES string of the molecule is Cc1cc(CNCC(C)O)ccc1[N+](=O)[O-]. The number of nitrogens with one attached hydrogen (secondary N) is 1. The van der Waals surface area contributed by atoms with Crippen LogP contribution in [0, 0.1) is 17.0 Å². The number of hydrogen-bond donors (Lipinski definition) is 2. The first-order valence-corrected chi connectivity index (χ1v) is 5.13.